The van der Waals surface area contributed by atoms with E-state index in [1.165, 1.54) is 32.4 Å². The molecule has 0 aromatic carbocycles. The van der Waals surface area contributed by atoms with Crippen LogP contribution in [-0.4, -0.2) is 36.1 Å². The van der Waals surface area contributed by atoms with Crippen molar-refractivity contribution in [2.45, 2.75) is 72.0 Å². The lowest BCUT2D eigenvalue weighted by Gasteiger charge is -2.27. The summed E-state index contributed by atoms with van der Waals surface area (Å²) in [4.78, 5) is 2.65. The van der Waals surface area contributed by atoms with Gasteiger partial charge < -0.3 is 10.2 Å². The van der Waals surface area contributed by atoms with Crippen LogP contribution < -0.4 is 5.32 Å². The first kappa shape index (κ1) is 14.0. The van der Waals surface area contributed by atoms with Crippen LogP contribution in [0.3, 0.4) is 0 Å². The minimum atomic E-state index is 0.619. The second-order valence-electron chi connectivity index (χ2n) is 5.91. The Morgan fingerprint density at radius 3 is 2.44 bits per heavy atom. The van der Waals surface area contributed by atoms with Crippen molar-refractivity contribution in [2.75, 3.05) is 13.1 Å². The molecule has 0 spiro atoms. The van der Waals surface area contributed by atoms with Gasteiger partial charge in [-0.15, -0.1) is 0 Å². The zero-order valence-electron chi connectivity index (χ0n) is 11.8. The number of hydrogen-bond donors (Lipinski definition) is 1. The summed E-state index contributed by atoms with van der Waals surface area (Å²) >= 11 is 0. The van der Waals surface area contributed by atoms with E-state index in [0.29, 0.717) is 12.1 Å². The van der Waals surface area contributed by atoms with Gasteiger partial charge in [0.25, 0.3) is 0 Å². The number of likely N-dealkylation sites (tertiary alicyclic amines) is 1. The molecule has 0 amide bonds. The first-order valence-electron chi connectivity index (χ1n) is 7.03. The van der Waals surface area contributed by atoms with Gasteiger partial charge in [-0.3, -0.25) is 0 Å². The molecular formula is C14H30N2. The van der Waals surface area contributed by atoms with Crippen LogP contribution >= 0.6 is 0 Å². The molecule has 1 unspecified atom stereocenters. The van der Waals surface area contributed by atoms with Gasteiger partial charge in [0.15, 0.2) is 0 Å². The van der Waals surface area contributed by atoms with Crippen LogP contribution in [0.4, 0.5) is 0 Å². The van der Waals surface area contributed by atoms with E-state index >= 15 is 0 Å². The molecule has 1 saturated heterocycles. The lowest BCUT2D eigenvalue weighted by atomic mass is 9.96. The second kappa shape index (κ2) is 6.61. The van der Waals surface area contributed by atoms with Gasteiger partial charge in [-0.2, -0.15) is 0 Å². The summed E-state index contributed by atoms with van der Waals surface area (Å²) in [7, 11) is 0. The largest absolute Gasteiger partial charge is 0.312 e. The van der Waals surface area contributed by atoms with Crippen LogP contribution in [0.25, 0.3) is 0 Å². The highest BCUT2D eigenvalue weighted by Gasteiger charge is 2.24. The average molecular weight is 226 g/mol. The summed E-state index contributed by atoms with van der Waals surface area (Å²) in [5.74, 6) is 0.876. The number of hydrogen-bond acceptors (Lipinski definition) is 2. The molecule has 96 valence electrons. The number of nitrogens with one attached hydrogen (secondary N) is 1. The number of rotatable bonds is 4. The van der Waals surface area contributed by atoms with E-state index in [4.69, 9.17) is 0 Å². The third kappa shape index (κ3) is 4.42. The van der Waals surface area contributed by atoms with E-state index in [-0.39, 0.29) is 0 Å². The lowest BCUT2D eigenvalue weighted by molar-refractivity contribution is 0.200. The summed E-state index contributed by atoms with van der Waals surface area (Å²) in [5.41, 5.74) is 0. The van der Waals surface area contributed by atoms with E-state index in [0.717, 1.165) is 12.0 Å². The third-order valence-corrected chi connectivity index (χ3v) is 3.75. The molecule has 1 N–H and O–H groups in total. The maximum absolute atomic E-state index is 3.72. The minimum Gasteiger partial charge on any atom is -0.312 e. The van der Waals surface area contributed by atoms with E-state index in [2.05, 4.69) is 44.8 Å². The molecule has 0 aromatic rings. The monoisotopic (exact) mass is 226 g/mol. The second-order valence-corrected chi connectivity index (χ2v) is 5.91. The molecule has 2 nitrogen and oxygen atoms in total. The fourth-order valence-electron chi connectivity index (χ4n) is 2.73. The fourth-order valence-corrected chi connectivity index (χ4v) is 2.73. The molecule has 2 atom stereocenters. The van der Waals surface area contributed by atoms with Gasteiger partial charge in [0, 0.05) is 24.7 Å². The SMILES string of the molecule is CC[C@H]1CC(NC(C)C)CCN(C(C)C)C1. The van der Waals surface area contributed by atoms with Crippen molar-refractivity contribution in [3.05, 3.63) is 0 Å². The molecule has 1 aliphatic rings. The predicted octanol–water partition coefficient (Wildman–Crippen LogP) is 2.88. The van der Waals surface area contributed by atoms with Crippen LogP contribution in [0.1, 0.15) is 53.9 Å². The molecule has 16 heavy (non-hydrogen) atoms. The maximum atomic E-state index is 3.72. The Morgan fingerprint density at radius 2 is 1.94 bits per heavy atom. The molecule has 1 rings (SSSR count). The standard InChI is InChI=1S/C14H30N2/c1-6-13-9-14(15-11(2)3)7-8-16(10-13)12(4)5/h11-15H,6-10H2,1-5H3/t13-,14?/m0/s1. The normalized spacial score (nSPS) is 28.7. The highest BCUT2D eigenvalue weighted by atomic mass is 15.2. The molecule has 1 heterocycles. The summed E-state index contributed by atoms with van der Waals surface area (Å²) < 4.78 is 0. The first-order chi connectivity index (χ1) is 7.52. The van der Waals surface area contributed by atoms with Crippen molar-refractivity contribution >= 4 is 0 Å². The Bertz CT molecular complexity index is 189. The Hall–Kier alpha value is -0.0800. The van der Waals surface area contributed by atoms with Crippen LogP contribution in [0, 0.1) is 5.92 Å². The molecule has 1 fully saturated rings. The molecule has 0 aliphatic carbocycles. The Labute approximate surface area is 102 Å². The fraction of sp³-hybridized carbons (Fsp3) is 1.00. The van der Waals surface area contributed by atoms with Crippen molar-refractivity contribution in [1.82, 2.24) is 10.2 Å². The molecule has 0 saturated carbocycles. The zero-order valence-corrected chi connectivity index (χ0v) is 11.8. The highest BCUT2D eigenvalue weighted by molar-refractivity contribution is 4.81. The smallest absolute Gasteiger partial charge is 0.00847 e. The van der Waals surface area contributed by atoms with Gasteiger partial charge in [0.05, 0.1) is 0 Å². The highest BCUT2D eigenvalue weighted by Crippen LogP contribution is 2.21. The van der Waals surface area contributed by atoms with Gasteiger partial charge >= 0.3 is 0 Å². The maximum Gasteiger partial charge on any atom is 0.00847 e. The summed E-state index contributed by atoms with van der Waals surface area (Å²) in [5, 5.41) is 3.72. The van der Waals surface area contributed by atoms with E-state index in [1.54, 1.807) is 0 Å². The van der Waals surface area contributed by atoms with Crippen molar-refractivity contribution < 1.29 is 0 Å². The van der Waals surface area contributed by atoms with Crippen molar-refractivity contribution in [3.8, 4) is 0 Å². The zero-order chi connectivity index (χ0) is 12.1. The van der Waals surface area contributed by atoms with E-state index in [9.17, 15) is 0 Å². The average Bonchev–Trinajstić information content (AvgIpc) is 2.39. The van der Waals surface area contributed by atoms with Crippen LogP contribution in [-0.2, 0) is 0 Å². The molecule has 0 radical (unpaired) electrons. The topological polar surface area (TPSA) is 15.3 Å². The third-order valence-electron chi connectivity index (χ3n) is 3.75. The Morgan fingerprint density at radius 1 is 1.25 bits per heavy atom. The molecule has 0 bridgehead atoms. The molecular weight excluding hydrogens is 196 g/mol. The van der Waals surface area contributed by atoms with Gasteiger partial charge in [-0.05, 0) is 39.2 Å². The summed E-state index contributed by atoms with van der Waals surface area (Å²) in [6.45, 7) is 14.0. The van der Waals surface area contributed by atoms with Crippen molar-refractivity contribution in [1.29, 1.82) is 0 Å². The van der Waals surface area contributed by atoms with Crippen molar-refractivity contribution in [2.24, 2.45) is 5.92 Å². The Kier molecular flexibility index (Phi) is 5.77. The summed E-state index contributed by atoms with van der Waals surface area (Å²) in [6.07, 6.45) is 3.99. The predicted molar refractivity (Wildman–Crippen MR) is 71.8 cm³/mol. The van der Waals surface area contributed by atoms with Crippen LogP contribution in [0.15, 0.2) is 0 Å². The quantitative estimate of drug-likeness (QED) is 0.793. The van der Waals surface area contributed by atoms with Gasteiger partial charge in [-0.1, -0.05) is 27.2 Å². The first-order valence-corrected chi connectivity index (χ1v) is 7.03. The summed E-state index contributed by atoms with van der Waals surface area (Å²) in [6, 6.07) is 2.05. The van der Waals surface area contributed by atoms with Gasteiger partial charge in [0.2, 0.25) is 0 Å². The molecule has 1 aliphatic heterocycles. The van der Waals surface area contributed by atoms with Crippen molar-refractivity contribution in [3.63, 3.8) is 0 Å². The molecule has 0 aromatic heterocycles. The van der Waals surface area contributed by atoms with E-state index < -0.39 is 0 Å². The molecule has 2 heteroatoms. The van der Waals surface area contributed by atoms with Gasteiger partial charge in [-0.25, -0.2) is 0 Å². The Balaban J connectivity index is 2.54. The van der Waals surface area contributed by atoms with Gasteiger partial charge in [0.1, 0.15) is 0 Å². The lowest BCUT2D eigenvalue weighted by Crippen LogP contribution is -2.36. The minimum absolute atomic E-state index is 0.619. The van der Waals surface area contributed by atoms with Crippen LogP contribution in [0.5, 0.6) is 0 Å². The van der Waals surface area contributed by atoms with Crippen LogP contribution in [0.2, 0.25) is 0 Å². The number of nitrogens with zero attached hydrogens (tertiary/aromatic N) is 1. The van der Waals surface area contributed by atoms with E-state index in [1.807, 2.05) is 0 Å².